The summed E-state index contributed by atoms with van der Waals surface area (Å²) in [5.41, 5.74) is 0. The van der Waals surface area contributed by atoms with E-state index in [1.807, 2.05) is 0 Å². The molecule has 0 aromatic rings. The molecule has 2 atom stereocenters. The minimum Gasteiger partial charge on any atom is -0.396 e. The molecule has 3 nitrogen and oxygen atoms in total. The molecule has 0 radical (unpaired) electrons. The molecule has 0 aromatic carbocycles. The summed E-state index contributed by atoms with van der Waals surface area (Å²) < 4.78 is 0. The third-order valence-electron chi connectivity index (χ3n) is 3.60. The maximum Gasteiger partial charge on any atom is 0.0431 e. The van der Waals surface area contributed by atoms with E-state index in [0.29, 0.717) is 18.7 Å². The fraction of sp³-hybridized carbons (Fsp3) is 1.00. The van der Waals surface area contributed by atoms with Gasteiger partial charge in [-0.1, -0.05) is 0 Å². The van der Waals surface area contributed by atoms with Gasteiger partial charge in [0.15, 0.2) is 0 Å². The maximum absolute atomic E-state index is 8.76. The van der Waals surface area contributed by atoms with Crippen LogP contribution in [0.4, 0.5) is 0 Å². The third kappa shape index (κ3) is 3.44. The lowest BCUT2D eigenvalue weighted by Crippen LogP contribution is -2.38. The Morgan fingerprint density at radius 2 is 2.20 bits per heavy atom. The van der Waals surface area contributed by atoms with Crippen molar-refractivity contribution < 1.29 is 5.11 Å². The molecule has 3 heteroatoms. The Balaban J connectivity index is 1.62. The van der Waals surface area contributed by atoms with Crippen LogP contribution in [0.3, 0.4) is 0 Å². The summed E-state index contributed by atoms with van der Waals surface area (Å²) in [5.74, 6) is 0. The van der Waals surface area contributed by atoms with E-state index in [-0.39, 0.29) is 0 Å². The summed E-state index contributed by atoms with van der Waals surface area (Å²) in [6, 6.07) is 2.17. The Labute approximate surface area is 92.8 Å². The lowest BCUT2D eigenvalue weighted by Gasteiger charge is -2.20. The van der Waals surface area contributed by atoms with Gasteiger partial charge in [0.05, 0.1) is 0 Å². The highest BCUT2D eigenvalue weighted by Gasteiger charge is 2.34. The number of aliphatic hydroxyl groups excluding tert-OH is 1. The van der Waals surface area contributed by atoms with Crippen molar-refractivity contribution in [1.82, 2.24) is 10.2 Å². The smallest absolute Gasteiger partial charge is 0.0431 e. The van der Waals surface area contributed by atoms with E-state index in [1.54, 1.807) is 0 Å². The van der Waals surface area contributed by atoms with E-state index >= 15 is 0 Å². The normalized spacial score (nSPS) is 29.6. The summed E-state index contributed by atoms with van der Waals surface area (Å²) >= 11 is 0. The van der Waals surface area contributed by atoms with E-state index < -0.39 is 0 Å². The largest absolute Gasteiger partial charge is 0.396 e. The summed E-state index contributed by atoms with van der Waals surface area (Å²) in [5, 5.41) is 12.4. The first kappa shape index (κ1) is 11.4. The molecule has 2 N–H and O–H groups in total. The van der Waals surface area contributed by atoms with Gasteiger partial charge in [-0.2, -0.15) is 0 Å². The lowest BCUT2D eigenvalue weighted by molar-refractivity contribution is 0.271. The summed E-state index contributed by atoms with van der Waals surface area (Å²) in [6.07, 6.45) is 6.17. The van der Waals surface area contributed by atoms with Crippen molar-refractivity contribution in [3.05, 3.63) is 0 Å². The van der Waals surface area contributed by atoms with Crippen LogP contribution in [0.5, 0.6) is 0 Å². The van der Waals surface area contributed by atoms with Crippen molar-refractivity contribution in [3.8, 4) is 0 Å². The number of likely N-dealkylation sites (tertiary alicyclic amines) is 1. The molecule has 0 aromatic heterocycles. The van der Waals surface area contributed by atoms with Gasteiger partial charge in [0, 0.05) is 37.8 Å². The number of nitrogens with zero attached hydrogens (tertiary/aromatic N) is 1. The van der Waals surface area contributed by atoms with Crippen LogP contribution in [0.1, 0.15) is 39.0 Å². The minimum atomic E-state index is 0.324. The Morgan fingerprint density at radius 1 is 1.40 bits per heavy atom. The number of hydrogen-bond donors (Lipinski definition) is 2. The first-order chi connectivity index (χ1) is 7.29. The molecule has 2 aliphatic rings. The standard InChI is InChI=1S/C12H24N2O/c1-10(3-2-8-15)13-11-6-7-14(9-11)12-4-5-12/h10-13,15H,2-9H2,1H3. The highest BCUT2D eigenvalue weighted by atomic mass is 16.2. The summed E-state index contributed by atoms with van der Waals surface area (Å²) in [4.78, 5) is 2.64. The van der Waals surface area contributed by atoms with Gasteiger partial charge < -0.3 is 10.4 Å². The van der Waals surface area contributed by atoms with Crippen LogP contribution in [-0.4, -0.2) is 47.8 Å². The molecule has 1 aliphatic carbocycles. The maximum atomic E-state index is 8.76. The average Bonchev–Trinajstić information content (AvgIpc) is 2.98. The van der Waals surface area contributed by atoms with Crippen LogP contribution in [-0.2, 0) is 0 Å². The second-order valence-corrected chi connectivity index (χ2v) is 5.15. The SMILES string of the molecule is CC(CCCO)NC1CCN(C2CC2)C1. The van der Waals surface area contributed by atoms with Crippen LogP contribution in [0.25, 0.3) is 0 Å². The zero-order valence-electron chi connectivity index (χ0n) is 9.78. The van der Waals surface area contributed by atoms with Crippen molar-refractivity contribution in [2.24, 2.45) is 0 Å². The van der Waals surface area contributed by atoms with E-state index in [9.17, 15) is 0 Å². The fourth-order valence-corrected chi connectivity index (χ4v) is 2.58. The first-order valence-corrected chi connectivity index (χ1v) is 6.40. The van der Waals surface area contributed by atoms with E-state index in [4.69, 9.17) is 5.11 Å². The Kier molecular flexibility index (Phi) is 4.00. The molecule has 1 saturated heterocycles. The number of hydrogen-bond acceptors (Lipinski definition) is 3. The van der Waals surface area contributed by atoms with Gasteiger partial charge in [0.2, 0.25) is 0 Å². The van der Waals surface area contributed by atoms with Crippen molar-refractivity contribution in [1.29, 1.82) is 0 Å². The lowest BCUT2D eigenvalue weighted by atomic mass is 10.1. The molecular weight excluding hydrogens is 188 g/mol. The molecule has 1 heterocycles. The highest BCUT2D eigenvalue weighted by Crippen LogP contribution is 2.29. The van der Waals surface area contributed by atoms with Gasteiger partial charge in [-0.15, -0.1) is 0 Å². The average molecular weight is 212 g/mol. The van der Waals surface area contributed by atoms with Crippen LogP contribution < -0.4 is 5.32 Å². The molecule has 2 unspecified atom stereocenters. The first-order valence-electron chi connectivity index (χ1n) is 6.40. The third-order valence-corrected chi connectivity index (χ3v) is 3.60. The molecule has 1 aliphatic heterocycles. The molecule has 2 rings (SSSR count). The molecule has 0 amide bonds. The van der Waals surface area contributed by atoms with Gasteiger partial charge in [0.1, 0.15) is 0 Å². The molecule has 88 valence electrons. The van der Waals surface area contributed by atoms with Gasteiger partial charge in [-0.3, -0.25) is 4.90 Å². The fourth-order valence-electron chi connectivity index (χ4n) is 2.58. The predicted molar refractivity (Wildman–Crippen MR) is 61.9 cm³/mol. The number of aliphatic hydroxyl groups is 1. The topological polar surface area (TPSA) is 35.5 Å². The van der Waals surface area contributed by atoms with E-state index in [2.05, 4.69) is 17.1 Å². The van der Waals surface area contributed by atoms with Crippen molar-refractivity contribution in [2.75, 3.05) is 19.7 Å². The van der Waals surface area contributed by atoms with Crippen molar-refractivity contribution >= 4 is 0 Å². The quantitative estimate of drug-likeness (QED) is 0.689. The van der Waals surface area contributed by atoms with Crippen LogP contribution >= 0.6 is 0 Å². The van der Waals surface area contributed by atoms with Crippen LogP contribution in [0.2, 0.25) is 0 Å². The second-order valence-electron chi connectivity index (χ2n) is 5.15. The van der Waals surface area contributed by atoms with Crippen LogP contribution in [0, 0.1) is 0 Å². The predicted octanol–water partition coefficient (Wildman–Crippen LogP) is 0.974. The van der Waals surface area contributed by atoms with E-state index in [1.165, 1.54) is 32.4 Å². The number of rotatable bonds is 6. The van der Waals surface area contributed by atoms with Gasteiger partial charge in [-0.05, 0) is 39.0 Å². The highest BCUT2D eigenvalue weighted by molar-refractivity contribution is 4.92. The van der Waals surface area contributed by atoms with Gasteiger partial charge in [-0.25, -0.2) is 0 Å². The molecular formula is C12H24N2O. The Hall–Kier alpha value is -0.120. The zero-order valence-corrected chi connectivity index (χ0v) is 9.78. The van der Waals surface area contributed by atoms with Crippen molar-refractivity contribution in [3.63, 3.8) is 0 Å². The minimum absolute atomic E-state index is 0.324. The molecule has 15 heavy (non-hydrogen) atoms. The summed E-state index contributed by atoms with van der Waals surface area (Å²) in [6.45, 7) is 5.09. The molecule has 0 spiro atoms. The Morgan fingerprint density at radius 3 is 2.87 bits per heavy atom. The monoisotopic (exact) mass is 212 g/mol. The summed E-state index contributed by atoms with van der Waals surface area (Å²) in [7, 11) is 0. The van der Waals surface area contributed by atoms with Crippen molar-refractivity contribution in [2.45, 2.75) is 57.2 Å². The zero-order chi connectivity index (χ0) is 10.7. The van der Waals surface area contributed by atoms with Gasteiger partial charge in [0.25, 0.3) is 0 Å². The number of nitrogens with one attached hydrogen (secondary N) is 1. The second kappa shape index (κ2) is 5.28. The van der Waals surface area contributed by atoms with E-state index in [0.717, 1.165) is 18.9 Å². The van der Waals surface area contributed by atoms with Gasteiger partial charge >= 0.3 is 0 Å². The molecule has 2 fully saturated rings. The molecule has 1 saturated carbocycles. The molecule has 0 bridgehead atoms. The van der Waals surface area contributed by atoms with Crippen LogP contribution in [0.15, 0.2) is 0 Å². The Bertz CT molecular complexity index is 194.